The van der Waals surface area contributed by atoms with Crippen molar-refractivity contribution < 1.29 is 18.6 Å². The van der Waals surface area contributed by atoms with E-state index in [1.165, 1.54) is 30.3 Å². The van der Waals surface area contributed by atoms with Gasteiger partial charge in [-0.1, -0.05) is 32.9 Å². The number of nitrogens with zero attached hydrogens (tertiary/aromatic N) is 4. The van der Waals surface area contributed by atoms with Gasteiger partial charge in [0.25, 0.3) is 11.6 Å². The van der Waals surface area contributed by atoms with Crippen LogP contribution in [0.5, 0.6) is 0 Å². The Hall–Kier alpha value is -3.92. The number of amidine groups is 1. The maximum absolute atomic E-state index is 13.5. The minimum atomic E-state index is -0.445. The Morgan fingerprint density at radius 2 is 2.03 bits per heavy atom. The molecule has 1 saturated heterocycles. The predicted molar refractivity (Wildman–Crippen MR) is 150 cm³/mol. The molecule has 2 bridgehead atoms. The maximum atomic E-state index is 13.5. The zero-order valence-corrected chi connectivity index (χ0v) is 22.7. The number of nitro groups is 1. The average Bonchev–Trinajstić information content (AvgIpc) is 3.72. The van der Waals surface area contributed by atoms with Crippen LogP contribution in [0.25, 0.3) is 17.4 Å². The molecule has 2 atom stereocenters. The molecule has 1 aromatic carbocycles. The molecule has 2 aromatic heterocycles. The zero-order chi connectivity index (χ0) is 27.4. The lowest BCUT2D eigenvalue weighted by Gasteiger charge is -2.34. The van der Waals surface area contributed by atoms with E-state index in [1.54, 1.807) is 47.6 Å². The summed E-state index contributed by atoms with van der Waals surface area (Å²) in [5.41, 5.74) is 1.86. The number of furan rings is 2. The summed E-state index contributed by atoms with van der Waals surface area (Å²) in [6.07, 6.45) is 6.50. The predicted octanol–water partition coefficient (Wildman–Crippen LogP) is 7.12. The fourth-order valence-electron chi connectivity index (χ4n) is 5.95. The Kier molecular flexibility index (Phi) is 6.10. The third-order valence-corrected chi connectivity index (χ3v) is 9.79. The molecule has 2 unspecified atom stereocenters. The number of rotatable bonds is 6. The molecule has 2 aliphatic carbocycles. The van der Waals surface area contributed by atoms with Gasteiger partial charge in [0, 0.05) is 34.9 Å². The topological polar surface area (TPSA) is 114 Å². The second kappa shape index (κ2) is 9.37. The number of benzene rings is 1. The molecule has 200 valence electrons. The lowest BCUT2D eigenvalue weighted by molar-refractivity contribution is -0.384. The van der Waals surface area contributed by atoms with Crippen LogP contribution in [0.4, 0.5) is 5.69 Å². The number of thioether (sulfide) groups is 1. The van der Waals surface area contributed by atoms with Crippen LogP contribution in [0.2, 0.25) is 0 Å². The Morgan fingerprint density at radius 3 is 2.72 bits per heavy atom. The van der Waals surface area contributed by atoms with Crippen LogP contribution < -0.4 is 0 Å². The normalized spacial score (nSPS) is 26.9. The Balaban J connectivity index is 1.30. The van der Waals surface area contributed by atoms with Crippen molar-refractivity contribution >= 4 is 40.3 Å². The number of non-ortho nitro benzene ring substituents is 1. The summed E-state index contributed by atoms with van der Waals surface area (Å²) < 4.78 is 11.4. The average molecular weight is 545 g/mol. The van der Waals surface area contributed by atoms with Crippen LogP contribution in [0, 0.1) is 26.9 Å². The second-order valence-corrected chi connectivity index (χ2v) is 12.0. The van der Waals surface area contributed by atoms with Crippen LogP contribution in [0.3, 0.4) is 0 Å². The molecule has 39 heavy (non-hydrogen) atoms. The van der Waals surface area contributed by atoms with Crippen molar-refractivity contribution in [1.82, 2.24) is 4.90 Å². The van der Waals surface area contributed by atoms with Crippen molar-refractivity contribution in [2.75, 3.05) is 0 Å². The van der Waals surface area contributed by atoms with Gasteiger partial charge in [-0.3, -0.25) is 19.8 Å². The van der Waals surface area contributed by atoms with Crippen molar-refractivity contribution in [3.05, 3.63) is 81.3 Å². The number of nitro benzene ring substituents is 1. The van der Waals surface area contributed by atoms with Gasteiger partial charge in [0.1, 0.15) is 17.3 Å². The molecule has 0 radical (unpaired) electrons. The molecule has 2 saturated carbocycles. The molecule has 3 aliphatic rings. The van der Waals surface area contributed by atoms with E-state index in [0.717, 1.165) is 18.6 Å². The molecule has 1 amide bonds. The summed E-state index contributed by atoms with van der Waals surface area (Å²) in [6, 6.07) is 13.3. The van der Waals surface area contributed by atoms with Crippen LogP contribution in [0.1, 0.15) is 51.6 Å². The van der Waals surface area contributed by atoms with Crippen molar-refractivity contribution in [3.8, 4) is 11.3 Å². The first-order valence-electron chi connectivity index (χ1n) is 12.9. The standard InChI is InChI=1S/C29H28N4O5S/c1-28(2)19-11-12-29(28,3)25(15-19)30-31-27-32(17-22-8-5-13-37-22)26(34)24(39-27)16-21-9-10-23(38-21)18-6-4-7-20(14-18)33(35)36/h4-10,13-14,16,19H,11-12,15,17H2,1-3H3. The first kappa shape index (κ1) is 25.4. The number of amides is 1. The molecule has 0 spiro atoms. The number of carbonyl (C=O) groups is 1. The third kappa shape index (κ3) is 4.32. The van der Waals surface area contributed by atoms with Crippen molar-refractivity contribution in [1.29, 1.82) is 0 Å². The smallest absolute Gasteiger partial charge is 0.270 e. The van der Waals surface area contributed by atoms with E-state index in [4.69, 9.17) is 13.9 Å². The number of carbonyl (C=O) groups excluding carboxylic acids is 1. The lowest BCUT2D eigenvalue weighted by Crippen LogP contribution is -2.32. The van der Waals surface area contributed by atoms with Crippen molar-refractivity contribution in [2.24, 2.45) is 27.0 Å². The third-order valence-electron chi connectivity index (χ3n) is 8.79. The zero-order valence-electron chi connectivity index (χ0n) is 21.9. The van der Waals surface area contributed by atoms with Gasteiger partial charge in [0.15, 0.2) is 5.17 Å². The fourth-order valence-corrected chi connectivity index (χ4v) is 6.86. The van der Waals surface area contributed by atoms with E-state index in [1.807, 2.05) is 6.07 Å². The van der Waals surface area contributed by atoms with E-state index in [0.29, 0.717) is 38.8 Å². The fraction of sp³-hybridized carbons (Fsp3) is 0.345. The van der Waals surface area contributed by atoms with Crippen LogP contribution in [-0.2, 0) is 11.3 Å². The Labute approximate surface area is 229 Å². The SMILES string of the molecule is CC12CCC(CC1=NN=C1SC(=Cc3ccc(-c4cccc([N+](=O)[O-])c4)o3)C(=O)N1Cc1ccco1)C2(C)C. The highest BCUT2D eigenvalue weighted by Crippen LogP contribution is 2.64. The first-order valence-corrected chi connectivity index (χ1v) is 13.7. The lowest BCUT2D eigenvalue weighted by atomic mass is 9.70. The number of fused-ring (bicyclic) bond motifs is 2. The molecule has 1 aliphatic heterocycles. The second-order valence-electron chi connectivity index (χ2n) is 11.0. The summed E-state index contributed by atoms with van der Waals surface area (Å²) in [5.74, 6) is 1.96. The number of hydrogen-bond acceptors (Lipinski definition) is 8. The molecule has 6 rings (SSSR count). The van der Waals surface area contributed by atoms with E-state index in [-0.39, 0.29) is 29.0 Å². The highest BCUT2D eigenvalue weighted by molar-refractivity contribution is 8.18. The van der Waals surface area contributed by atoms with Crippen LogP contribution in [0.15, 0.2) is 78.7 Å². The van der Waals surface area contributed by atoms with Gasteiger partial charge in [-0.05, 0) is 66.6 Å². The molecule has 3 heterocycles. The summed E-state index contributed by atoms with van der Waals surface area (Å²) in [4.78, 5) is 26.2. The van der Waals surface area contributed by atoms with Gasteiger partial charge in [0.2, 0.25) is 0 Å². The van der Waals surface area contributed by atoms with E-state index in [2.05, 4.69) is 25.9 Å². The molecule has 0 N–H and O–H groups in total. The van der Waals surface area contributed by atoms with E-state index < -0.39 is 4.92 Å². The Morgan fingerprint density at radius 1 is 1.18 bits per heavy atom. The summed E-state index contributed by atoms with van der Waals surface area (Å²) in [5, 5.41) is 21.0. The Bertz CT molecular complexity index is 1550. The highest BCUT2D eigenvalue weighted by Gasteiger charge is 2.60. The summed E-state index contributed by atoms with van der Waals surface area (Å²) >= 11 is 1.25. The van der Waals surface area contributed by atoms with Gasteiger partial charge in [0.05, 0.1) is 22.6 Å². The van der Waals surface area contributed by atoms with Gasteiger partial charge in [-0.15, -0.1) is 5.10 Å². The molecule has 9 nitrogen and oxygen atoms in total. The van der Waals surface area contributed by atoms with Gasteiger partial charge >= 0.3 is 0 Å². The summed E-state index contributed by atoms with van der Waals surface area (Å²) in [7, 11) is 0. The van der Waals surface area contributed by atoms with Crippen molar-refractivity contribution in [2.45, 2.75) is 46.6 Å². The van der Waals surface area contributed by atoms with Gasteiger partial charge < -0.3 is 8.83 Å². The molecule has 10 heteroatoms. The minimum Gasteiger partial charge on any atom is -0.467 e. The van der Waals surface area contributed by atoms with Gasteiger partial charge in [-0.2, -0.15) is 5.10 Å². The van der Waals surface area contributed by atoms with E-state index in [9.17, 15) is 14.9 Å². The van der Waals surface area contributed by atoms with E-state index >= 15 is 0 Å². The molecule has 3 fully saturated rings. The molecular formula is C29H28N4O5S. The monoisotopic (exact) mass is 544 g/mol. The van der Waals surface area contributed by atoms with Gasteiger partial charge in [-0.25, -0.2) is 0 Å². The maximum Gasteiger partial charge on any atom is 0.270 e. The quantitative estimate of drug-likeness (QED) is 0.185. The number of hydrogen-bond donors (Lipinski definition) is 0. The van der Waals surface area contributed by atoms with Crippen molar-refractivity contribution in [3.63, 3.8) is 0 Å². The minimum absolute atomic E-state index is 0.0105. The summed E-state index contributed by atoms with van der Waals surface area (Å²) in [6.45, 7) is 7.17. The molecular weight excluding hydrogens is 516 g/mol. The van der Waals surface area contributed by atoms with Crippen LogP contribution >= 0.6 is 11.8 Å². The largest absolute Gasteiger partial charge is 0.467 e. The molecule has 3 aromatic rings. The van der Waals surface area contributed by atoms with Crippen LogP contribution in [-0.4, -0.2) is 26.6 Å². The highest BCUT2D eigenvalue weighted by atomic mass is 32.2. The first-order chi connectivity index (χ1) is 18.7.